The third-order valence-electron chi connectivity index (χ3n) is 3.75. The fourth-order valence-corrected chi connectivity index (χ4v) is 2.16. The molecule has 0 bridgehead atoms. The molecule has 1 aromatic carbocycles. The third kappa shape index (κ3) is 1.97. The van der Waals surface area contributed by atoms with Gasteiger partial charge in [-0.05, 0) is 43.9 Å². The highest BCUT2D eigenvalue weighted by Gasteiger charge is 2.39. The van der Waals surface area contributed by atoms with Gasteiger partial charge in [0.2, 0.25) is 11.8 Å². The van der Waals surface area contributed by atoms with E-state index in [1.165, 1.54) is 11.1 Å². The molecular formula is C14H17NO2. The number of rotatable bonds is 1. The van der Waals surface area contributed by atoms with Crippen molar-refractivity contribution in [3.05, 3.63) is 34.9 Å². The Morgan fingerprint density at radius 1 is 1.18 bits per heavy atom. The van der Waals surface area contributed by atoms with E-state index in [0.717, 1.165) is 5.56 Å². The van der Waals surface area contributed by atoms with Gasteiger partial charge in [-0.25, -0.2) is 0 Å². The molecule has 90 valence electrons. The van der Waals surface area contributed by atoms with E-state index in [1.807, 2.05) is 39.0 Å². The van der Waals surface area contributed by atoms with Crippen LogP contribution in [0.4, 0.5) is 0 Å². The number of amides is 2. The van der Waals surface area contributed by atoms with E-state index < -0.39 is 5.41 Å². The smallest absolute Gasteiger partial charge is 0.236 e. The van der Waals surface area contributed by atoms with Crippen molar-refractivity contribution >= 4 is 11.8 Å². The molecule has 0 aliphatic carbocycles. The van der Waals surface area contributed by atoms with Gasteiger partial charge in [0.05, 0.1) is 5.41 Å². The number of aryl methyl sites for hydroxylation is 2. The summed E-state index contributed by atoms with van der Waals surface area (Å²) in [5.74, 6) is -0.353. The van der Waals surface area contributed by atoms with Gasteiger partial charge in [0.25, 0.3) is 0 Å². The minimum absolute atomic E-state index is 0.170. The van der Waals surface area contributed by atoms with Crippen LogP contribution in [0.25, 0.3) is 0 Å². The van der Waals surface area contributed by atoms with E-state index in [2.05, 4.69) is 5.32 Å². The molecule has 1 N–H and O–H groups in total. The largest absolute Gasteiger partial charge is 0.296 e. The molecule has 2 rings (SSSR count). The summed E-state index contributed by atoms with van der Waals surface area (Å²) in [6.45, 7) is 5.98. The summed E-state index contributed by atoms with van der Waals surface area (Å²) in [4.78, 5) is 23.2. The molecule has 1 aromatic rings. The van der Waals surface area contributed by atoms with Gasteiger partial charge in [-0.3, -0.25) is 14.9 Å². The molecule has 1 saturated heterocycles. The summed E-state index contributed by atoms with van der Waals surface area (Å²) in [5, 5.41) is 2.42. The zero-order chi connectivity index (χ0) is 12.6. The van der Waals surface area contributed by atoms with Crippen LogP contribution in [0.2, 0.25) is 0 Å². The Balaban J connectivity index is 2.40. The first kappa shape index (κ1) is 11.8. The molecule has 0 aromatic heterocycles. The lowest BCUT2D eigenvalue weighted by atomic mass is 9.75. The van der Waals surface area contributed by atoms with Gasteiger partial charge in [0, 0.05) is 6.42 Å². The standard InChI is InChI=1S/C14H17NO2/c1-9-4-5-11(8-10(9)2)14(3)7-6-12(16)15-13(14)17/h4-5,8H,6-7H2,1-3H3,(H,15,16,17). The molecular weight excluding hydrogens is 214 g/mol. The minimum atomic E-state index is -0.577. The lowest BCUT2D eigenvalue weighted by Crippen LogP contribution is -2.49. The van der Waals surface area contributed by atoms with Gasteiger partial charge in [-0.2, -0.15) is 0 Å². The monoisotopic (exact) mass is 231 g/mol. The molecule has 3 nitrogen and oxygen atoms in total. The maximum absolute atomic E-state index is 12.0. The van der Waals surface area contributed by atoms with Crippen molar-refractivity contribution in [2.75, 3.05) is 0 Å². The van der Waals surface area contributed by atoms with Crippen molar-refractivity contribution in [3.8, 4) is 0 Å². The van der Waals surface area contributed by atoms with Gasteiger partial charge in [-0.1, -0.05) is 18.2 Å². The second-order valence-corrected chi connectivity index (χ2v) is 5.01. The normalized spacial score (nSPS) is 24.6. The summed E-state index contributed by atoms with van der Waals surface area (Å²) in [5.41, 5.74) is 2.80. The predicted octanol–water partition coefficient (Wildman–Crippen LogP) is 2.00. The fraction of sp³-hybridized carbons (Fsp3) is 0.429. The average Bonchev–Trinajstić information content (AvgIpc) is 2.28. The van der Waals surface area contributed by atoms with Gasteiger partial charge < -0.3 is 0 Å². The number of hydrogen-bond donors (Lipinski definition) is 1. The first-order chi connectivity index (χ1) is 7.93. The van der Waals surface area contributed by atoms with Crippen LogP contribution >= 0.6 is 0 Å². The van der Waals surface area contributed by atoms with Crippen LogP contribution in [-0.2, 0) is 15.0 Å². The zero-order valence-electron chi connectivity index (χ0n) is 10.5. The summed E-state index contributed by atoms with van der Waals surface area (Å²) >= 11 is 0. The molecule has 0 saturated carbocycles. The van der Waals surface area contributed by atoms with Crippen LogP contribution in [0.5, 0.6) is 0 Å². The predicted molar refractivity (Wildman–Crippen MR) is 65.7 cm³/mol. The van der Waals surface area contributed by atoms with Crippen LogP contribution in [0.1, 0.15) is 36.5 Å². The average molecular weight is 231 g/mol. The Morgan fingerprint density at radius 3 is 2.47 bits per heavy atom. The summed E-state index contributed by atoms with van der Waals surface area (Å²) < 4.78 is 0. The number of benzene rings is 1. The zero-order valence-corrected chi connectivity index (χ0v) is 10.5. The maximum Gasteiger partial charge on any atom is 0.236 e. The SMILES string of the molecule is Cc1ccc(C2(C)CCC(=O)NC2=O)cc1C. The van der Waals surface area contributed by atoms with Crippen molar-refractivity contribution in [2.45, 2.75) is 39.0 Å². The summed E-state index contributed by atoms with van der Waals surface area (Å²) in [7, 11) is 0. The second kappa shape index (κ2) is 3.99. The first-order valence-electron chi connectivity index (χ1n) is 5.85. The van der Waals surface area contributed by atoms with E-state index in [4.69, 9.17) is 0 Å². The van der Waals surface area contributed by atoms with Gasteiger partial charge >= 0.3 is 0 Å². The van der Waals surface area contributed by atoms with Gasteiger partial charge in [-0.15, -0.1) is 0 Å². The molecule has 1 heterocycles. The molecule has 2 amide bonds. The molecule has 17 heavy (non-hydrogen) atoms. The van der Waals surface area contributed by atoms with E-state index in [-0.39, 0.29) is 11.8 Å². The van der Waals surface area contributed by atoms with E-state index in [0.29, 0.717) is 12.8 Å². The van der Waals surface area contributed by atoms with Crippen LogP contribution in [0, 0.1) is 13.8 Å². The van der Waals surface area contributed by atoms with Crippen molar-refractivity contribution < 1.29 is 9.59 Å². The number of piperidine rings is 1. The molecule has 1 aliphatic rings. The third-order valence-corrected chi connectivity index (χ3v) is 3.75. The Morgan fingerprint density at radius 2 is 1.88 bits per heavy atom. The van der Waals surface area contributed by atoms with Gasteiger partial charge in [0.15, 0.2) is 0 Å². The highest BCUT2D eigenvalue weighted by Crippen LogP contribution is 2.32. The van der Waals surface area contributed by atoms with Crippen LogP contribution < -0.4 is 5.32 Å². The van der Waals surface area contributed by atoms with Crippen molar-refractivity contribution in [3.63, 3.8) is 0 Å². The van der Waals surface area contributed by atoms with Crippen molar-refractivity contribution in [1.82, 2.24) is 5.32 Å². The number of carbonyl (C=O) groups is 2. The Hall–Kier alpha value is -1.64. The van der Waals surface area contributed by atoms with E-state index >= 15 is 0 Å². The molecule has 1 fully saturated rings. The van der Waals surface area contributed by atoms with Crippen LogP contribution in [-0.4, -0.2) is 11.8 Å². The maximum atomic E-state index is 12.0. The molecule has 1 atom stereocenters. The van der Waals surface area contributed by atoms with Gasteiger partial charge in [0.1, 0.15) is 0 Å². The topological polar surface area (TPSA) is 46.2 Å². The molecule has 3 heteroatoms. The highest BCUT2D eigenvalue weighted by molar-refractivity contribution is 6.03. The number of hydrogen-bond acceptors (Lipinski definition) is 2. The first-order valence-corrected chi connectivity index (χ1v) is 5.85. The summed E-state index contributed by atoms with van der Waals surface area (Å²) in [6, 6.07) is 6.06. The lowest BCUT2D eigenvalue weighted by molar-refractivity contribution is -0.137. The van der Waals surface area contributed by atoms with Crippen molar-refractivity contribution in [1.29, 1.82) is 0 Å². The molecule has 0 radical (unpaired) electrons. The van der Waals surface area contributed by atoms with Crippen molar-refractivity contribution in [2.24, 2.45) is 0 Å². The quantitative estimate of drug-likeness (QED) is 0.751. The van der Waals surface area contributed by atoms with E-state index in [9.17, 15) is 9.59 Å². The second-order valence-electron chi connectivity index (χ2n) is 5.01. The highest BCUT2D eigenvalue weighted by atomic mass is 16.2. The number of carbonyl (C=O) groups excluding carboxylic acids is 2. The minimum Gasteiger partial charge on any atom is -0.296 e. The van der Waals surface area contributed by atoms with Crippen LogP contribution in [0.15, 0.2) is 18.2 Å². The Kier molecular flexibility index (Phi) is 2.77. The fourth-order valence-electron chi connectivity index (χ4n) is 2.16. The molecule has 1 unspecified atom stereocenters. The lowest BCUT2D eigenvalue weighted by Gasteiger charge is -2.32. The molecule has 0 spiro atoms. The summed E-state index contributed by atoms with van der Waals surface area (Å²) in [6.07, 6.45) is 0.995. The Labute approximate surface area is 101 Å². The Bertz CT molecular complexity index is 493. The van der Waals surface area contributed by atoms with Crippen LogP contribution in [0.3, 0.4) is 0 Å². The number of imide groups is 1. The number of nitrogens with one attached hydrogen (secondary N) is 1. The molecule has 1 aliphatic heterocycles. The van der Waals surface area contributed by atoms with E-state index in [1.54, 1.807) is 0 Å².